The fourth-order valence-electron chi connectivity index (χ4n) is 2.17. The van der Waals surface area contributed by atoms with Crippen molar-refractivity contribution in [3.63, 3.8) is 0 Å². The van der Waals surface area contributed by atoms with Gasteiger partial charge >= 0.3 is 5.97 Å². The second kappa shape index (κ2) is 6.41. The van der Waals surface area contributed by atoms with E-state index >= 15 is 0 Å². The van der Waals surface area contributed by atoms with E-state index in [0.717, 1.165) is 12.8 Å². The van der Waals surface area contributed by atoms with Crippen LogP contribution in [0.4, 0.5) is 0 Å². The van der Waals surface area contributed by atoms with E-state index in [1.165, 1.54) is 22.9 Å². The summed E-state index contributed by atoms with van der Waals surface area (Å²) < 4.78 is 0. The molecular weight excluding hydrogens is 302 g/mol. The van der Waals surface area contributed by atoms with Gasteiger partial charge in [-0.25, -0.2) is 14.8 Å². The Hall–Kier alpha value is -1.34. The minimum atomic E-state index is -0.992. The van der Waals surface area contributed by atoms with Crippen LogP contribution in [0.1, 0.15) is 29.8 Å². The summed E-state index contributed by atoms with van der Waals surface area (Å²) in [5.41, 5.74) is 0.0687. The van der Waals surface area contributed by atoms with Gasteiger partial charge in [-0.15, -0.1) is 0 Å². The molecule has 1 aromatic rings. The molecule has 1 N–H and O–H groups in total. The predicted molar refractivity (Wildman–Crippen MR) is 75.1 cm³/mol. The molecule has 1 aliphatic rings. The van der Waals surface area contributed by atoms with E-state index in [4.69, 9.17) is 11.6 Å². The summed E-state index contributed by atoms with van der Waals surface area (Å²) in [5.74, 6) is -1.44. The Morgan fingerprint density at radius 3 is 2.90 bits per heavy atom. The van der Waals surface area contributed by atoms with Crippen LogP contribution in [0.15, 0.2) is 11.4 Å². The molecule has 1 aromatic heterocycles. The standard InChI is InChI=1S/C12H14ClN3O3S/c1-20-12-14-6-7(13)9(15-12)10(17)16-5-3-2-4-8(16)11(18)19/h6,8H,2-5H2,1H3,(H,18,19). The topological polar surface area (TPSA) is 83.4 Å². The largest absolute Gasteiger partial charge is 0.480 e. The van der Waals surface area contributed by atoms with Crippen LogP contribution in [0.5, 0.6) is 0 Å². The smallest absolute Gasteiger partial charge is 0.326 e. The van der Waals surface area contributed by atoms with Gasteiger partial charge in [-0.3, -0.25) is 4.79 Å². The fourth-order valence-corrected chi connectivity index (χ4v) is 2.68. The highest BCUT2D eigenvalue weighted by atomic mass is 35.5. The zero-order valence-corrected chi connectivity index (χ0v) is 12.4. The number of amides is 1. The van der Waals surface area contributed by atoms with E-state index in [-0.39, 0.29) is 10.7 Å². The maximum absolute atomic E-state index is 12.5. The van der Waals surface area contributed by atoms with Crippen molar-refractivity contribution in [1.82, 2.24) is 14.9 Å². The van der Waals surface area contributed by atoms with Crippen LogP contribution in [-0.2, 0) is 4.79 Å². The molecule has 2 rings (SSSR count). The maximum Gasteiger partial charge on any atom is 0.326 e. The highest BCUT2D eigenvalue weighted by Gasteiger charge is 2.34. The Bertz CT molecular complexity index is 541. The Labute approximate surface area is 125 Å². The summed E-state index contributed by atoms with van der Waals surface area (Å²) >= 11 is 7.26. The first-order valence-corrected chi connectivity index (χ1v) is 7.75. The Morgan fingerprint density at radius 1 is 1.50 bits per heavy atom. The van der Waals surface area contributed by atoms with Crippen LogP contribution in [0, 0.1) is 0 Å². The minimum absolute atomic E-state index is 0.0687. The third-order valence-electron chi connectivity index (χ3n) is 3.16. The number of thioether (sulfide) groups is 1. The molecule has 0 aromatic carbocycles. The van der Waals surface area contributed by atoms with E-state index in [9.17, 15) is 14.7 Å². The zero-order valence-electron chi connectivity index (χ0n) is 10.9. The summed E-state index contributed by atoms with van der Waals surface area (Å²) in [6, 6.07) is -0.806. The van der Waals surface area contributed by atoms with Gasteiger partial charge in [-0.1, -0.05) is 23.4 Å². The number of likely N-dealkylation sites (tertiary alicyclic amines) is 1. The van der Waals surface area contributed by atoms with Crippen LogP contribution in [0.2, 0.25) is 5.02 Å². The molecule has 1 unspecified atom stereocenters. The number of rotatable bonds is 3. The van der Waals surface area contributed by atoms with E-state index in [1.807, 2.05) is 0 Å². The average Bonchev–Trinajstić information content (AvgIpc) is 2.47. The predicted octanol–water partition coefficient (Wildman–Crippen LogP) is 1.93. The number of aliphatic carboxylic acids is 1. The van der Waals surface area contributed by atoms with Crippen molar-refractivity contribution in [2.24, 2.45) is 0 Å². The lowest BCUT2D eigenvalue weighted by Crippen LogP contribution is -2.48. The van der Waals surface area contributed by atoms with Crippen LogP contribution < -0.4 is 0 Å². The second-order valence-corrected chi connectivity index (χ2v) is 5.58. The van der Waals surface area contributed by atoms with Crippen molar-refractivity contribution in [2.45, 2.75) is 30.5 Å². The van der Waals surface area contributed by atoms with Crippen LogP contribution in [0.3, 0.4) is 0 Å². The van der Waals surface area contributed by atoms with E-state index in [2.05, 4.69) is 9.97 Å². The molecular formula is C12H14ClN3O3S. The molecule has 0 saturated carbocycles. The van der Waals surface area contributed by atoms with Gasteiger partial charge in [0.05, 0.1) is 11.2 Å². The number of halogens is 1. The summed E-state index contributed by atoms with van der Waals surface area (Å²) in [4.78, 5) is 33.1. The monoisotopic (exact) mass is 315 g/mol. The van der Waals surface area contributed by atoms with Crippen molar-refractivity contribution in [2.75, 3.05) is 12.8 Å². The summed E-state index contributed by atoms with van der Waals surface area (Å²) in [7, 11) is 0. The number of nitrogens with zero attached hydrogens (tertiary/aromatic N) is 3. The van der Waals surface area contributed by atoms with Gasteiger partial charge in [-0.05, 0) is 25.5 Å². The maximum atomic E-state index is 12.5. The van der Waals surface area contributed by atoms with Crippen molar-refractivity contribution in [3.05, 3.63) is 16.9 Å². The van der Waals surface area contributed by atoms with Gasteiger partial charge in [0, 0.05) is 6.54 Å². The van der Waals surface area contributed by atoms with Crippen molar-refractivity contribution >= 4 is 35.2 Å². The van der Waals surface area contributed by atoms with Gasteiger partial charge in [0.2, 0.25) is 0 Å². The highest BCUT2D eigenvalue weighted by molar-refractivity contribution is 7.98. The molecule has 0 spiro atoms. The number of carbonyl (C=O) groups is 2. The third kappa shape index (κ3) is 3.04. The Balaban J connectivity index is 2.31. The first-order chi connectivity index (χ1) is 9.54. The van der Waals surface area contributed by atoms with Crippen LogP contribution in [0.25, 0.3) is 0 Å². The van der Waals surface area contributed by atoms with Gasteiger partial charge < -0.3 is 10.0 Å². The van der Waals surface area contributed by atoms with Crippen LogP contribution in [-0.4, -0.2) is 50.7 Å². The molecule has 1 saturated heterocycles. The average molecular weight is 316 g/mol. The van der Waals surface area contributed by atoms with Crippen molar-refractivity contribution in [3.8, 4) is 0 Å². The number of hydrogen-bond donors (Lipinski definition) is 1. The molecule has 1 atom stereocenters. The van der Waals surface area contributed by atoms with Gasteiger partial charge in [0.25, 0.3) is 5.91 Å². The molecule has 1 amide bonds. The number of aromatic nitrogens is 2. The van der Waals surface area contributed by atoms with Crippen molar-refractivity contribution in [1.29, 1.82) is 0 Å². The van der Waals surface area contributed by atoms with Crippen molar-refractivity contribution < 1.29 is 14.7 Å². The lowest BCUT2D eigenvalue weighted by Gasteiger charge is -2.32. The fraction of sp³-hybridized carbons (Fsp3) is 0.500. The molecule has 0 bridgehead atoms. The molecule has 6 nitrogen and oxygen atoms in total. The van der Waals surface area contributed by atoms with Crippen LogP contribution >= 0.6 is 23.4 Å². The quantitative estimate of drug-likeness (QED) is 0.678. The molecule has 1 aliphatic heterocycles. The van der Waals surface area contributed by atoms with E-state index in [0.29, 0.717) is 18.1 Å². The molecule has 8 heteroatoms. The molecule has 20 heavy (non-hydrogen) atoms. The third-order valence-corrected chi connectivity index (χ3v) is 3.99. The SMILES string of the molecule is CSc1ncc(Cl)c(C(=O)N2CCCCC2C(=O)O)n1. The highest BCUT2D eigenvalue weighted by Crippen LogP contribution is 2.23. The van der Waals surface area contributed by atoms with Gasteiger partial charge in [0.1, 0.15) is 6.04 Å². The minimum Gasteiger partial charge on any atom is -0.480 e. The first kappa shape index (κ1) is 15.1. The Morgan fingerprint density at radius 2 is 2.25 bits per heavy atom. The first-order valence-electron chi connectivity index (χ1n) is 6.15. The normalized spacial score (nSPS) is 18.9. The summed E-state index contributed by atoms with van der Waals surface area (Å²) in [6.07, 6.45) is 5.20. The molecule has 0 aliphatic carbocycles. The number of piperidine rings is 1. The number of carboxylic acid groups (broad SMARTS) is 1. The second-order valence-electron chi connectivity index (χ2n) is 4.40. The summed E-state index contributed by atoms with van der Waals surface area (Å²) in [5, 5.41) is 9.78. The number of carboxylic acids is 1. The Kier molecular flexibility index (Phi) is 4.82. The molecule has 1 fully saturated rings. The van der Waals surface area contributed by atoms with Gasteiger partial charge in [-0.2, -0.15) is 0 Å². The zero-order chi connectivity index (χ0) is 14.7. The summed E-state index contributed by atoms with van der Waals surface area (Å²) in [6.45, 7) is 0.407. The molecule has 108 valence electrons. The number of hydrogen-bond acceptors (Lipinski definition) is 5. The molecule has 2 heterocycles. The number of carbonyl (C=O) groups excluding carboxylic acids is 1. The lowest BCUT2D eigenvalue weighted by molar-refractivity contribution is -0.143. The van der Waals surface area contributed by atoms with Gasteiger partial charge in [0.15, 0.2) is 10.9 Å². The molecule has 0 radical (unpaired) electrons. The van der Waals surface area contributed by atoms with E-state index in [1.54, 1.807) is 6.26 Å². The lowest BCUT2D eigenvalue weighted by atomic mass is 10.0. The van der Waals surface area contributed by atoms with E-state index < -0.39 is 17.9 Å².